The molecule has 0 aliphatic heterocycles. The fraction of sp³-hybridized carbons (Fsp3) is 0.130. The molecule has 3 aromatic rings. The normalized spacial score (nSPS) is 10.4. The molecule has 0 radical (unpaired) electrons. The van der Waals surface area contributed by atoms with Crippen LogP contribution in [-0.4, -0.2) is 18.4 Å². The lowest BCUT2D eigenvalue weighted by Gasteiger charge is -2.23. The SMILES string of the molecule is NCc1cccc(NC(=O)CN(C(=O)c2cccc(CN)c2)c2ccccc2)c1. The van der Waals surface area contributed by atoms with Crippen molar-refractivity contribution in [3.05, 3.63) is 95.6 Å². The smallest absolute Gasteiger partial charge is 0.258 e. The molecule has 0 aromatic heterocycles. The lowest BCUT2D eigenvalue weighted by Crippen LogP contribution is -2.38. The molecule has 6 heteroatoms. The van der Waals surface area contributed by atoms with Gasteiger partial charge >= 0.3 is 0 Å². The number of hydrogen-bond acceptors (Lipinski definition) is 4. The predicted molar refractivity (Wildman–Crippen MR) is 115 cm³/mol. The van der Waals surface area contributed by atoms with E-state index in [0.29, 0.717) is 30.0 Å². The molecule has 29 heavy (non-hydrogen) atoms. The molecule has 148 valence electrons. The third-order valence-electron chi connectivity index (χ3n) is 4.47. The van der Waals surface area contributed by atoms with Crippen LogP contribution in [0.15, 0.2) is 78.9 Å². The van der Waals surface area contributed by atoms with Crippen molar-refractivity contribution in [2.75, 3.05) is 16.8 Å². The van der Waals surface area contributed by atoms with Crippen LogP contribution < -0.4 is 21.7 Å². The molecule has 0 heterocycles. The van der Waals surface area contributed by atoms with E-state index in [1.54, 1.807) is 36.4 Å². The number of carbonyl (C=O) groups is 2. The zero-order valence-electron chi connectivity index (χ0n) is 16.0. The number of benzene rings is 3. The Kier molecular flexibility index (Phi) is 6.73. The van der Waals surface area contributed by atoms with E-state index in [4.69, 9.17) is 11.5 Å². The molecule has 0 aliphatic carbocycles. The molecule has 0 unspecified atom stereocenters. The van der Waals surface area contributed by atoms with Gasteiger partial charge in [-0.1, -0.05) is 42.5 Å². The van der Waals surface area contributed by atoms with Crippen molar-refractivity contribution in [1.29, 1.82) is 0 Å². The summed E-state index contributed by atoms with van der Waals surface area (Å²) < 4.78 is 0. The minimum atomic E-state index is -0.300. The van der Waals surface area contributed by atoms with Crippen LogP contribution in [0, 0.1) is 0 Å². The molecule has 2 amide bonds. The maximum absolute atomic E-state index is 13.2. The number of nitrogens with zero attached hydrogens (tertiary/aromatic N) is 1. The Morgan fingerprint density at radius 2 is 1.45 bits per heavy atom. The number of nitrogens with two attached hydrogens (primary N) is 2. The summed E-state index contributed by atoms with van der Waals surface area (Å²) in [7, 11) is 0. The van der Waals surface area contributed by atoms with E-state index in [2.05, 4.69) is 5.32 Å². The fourth-order valence-electron chi connectivity index (χ4n) is 3.00. The van der Waals surface area contributed by atoms with E-state index in [1.807, 2.05) is 42.5 Å². The topological polar surface area (TPSA) is 101 Å². The summed E-state index contributed by atoms with van der Waals surface area (Å²) >= 11 is 0. The zero-order valence-corrected chi connectivity index (χ0v) is 16.0. The van der Waals surface area contributed by atoms with Gasteiger partial charge in [0.1, 0.15) is 6.54 Å². The van der Waals surface area contributed by atoms with E-state index in [1.165, 1.54) is 4.90 Å². The molecule has 0 saturated carbocycles. The van der Waals surface area contributed by atoms with Crippen molar-refractivity contribution in [2.45, 2.75) is 13.1 Å². The molecule has 5 N–H and O–H groups in total. The molecule has 3 aromatic carbocycles. The first kappa shape index (κ1) is 20.3. The van der Waals surface area contributed by atoms with Gasteiger partial charge in [-0.2, -0.15) is 0 Å². The number of nitrogens with one attached hydrogen (secondary N) is 1. The van der Waals surface area contributed by atoms with Crippen LogP contribution in [0.5, 0.6) is 0 Å². The molecule has 0 spiro atoms. The van der Waals surface area contributed by atoms with Gasteiger partial charge < -0.3 is 16.8 Å². The highest BCUT2D eigenvalue weighted by Crippen LogP contribution is 2.18. The van der Waals surface area contributed by atoms with Crippen LogP contribution in [0.4, 0.5) is 11.4 Å². The number of rotatable bonds is 7. The van der Waals surface area contributed by atoms with Gasteiger partial charge in [-0.25, -0.2) is 0 Å². The lowest BCUT2D eigenvalue weighted by atomic mass is 10.1. The number of carbonyl (C=O) groups excluding carboxylic acids is 2. The quantitative estimate of drug-likeness (QED) is 0.579. The third kappa shape index (κ3) is 5.28. The lowest BCUT2D eigenvalue weighted by molar-refractivity contribution is -0.114. The highest BCUT2D eigenvalue weighted by molar-refractivity contribution is 6.10. The average Bonchev–Trinajstić information content (AvgIpc) is 2.77. The summed E-state index contributed by atoms with van der Waals surface area (Å²) in [6.45, 7) is 0.600. The Balaban J connectivity index is 1.83. The van der Waals surface area contributed by atoms with Crippen LogP contribution in [0.3, 0.4) is 0 Å². The average molecular weight is 388 g/mol. The summed E-state index contributed by atoms with van der Waals surface area (Å²) in [5.41, 5.74) is 14.9. The second-order valence-corrected chi connectivity index (χ2v) is 6.58. The molecule has 3 rings (SSSR count). The standard InChI is InChI=1S/C23H24N4O2/c24-14-17-6-4-8-19(12-17)23(29)27(21-10-2-1-3-11-21)16-22(28)26-20-9-5-7-18(13-20)15-25/h1-13H,14-16,24-25H2,(H,26,28). The van der Waals surface area contributed by atoms with Crippen molar-refractivity contribution in [2.24, 2.45) is 11.5 Å². The van der Waals surface area contributed by atoms with Crippen LogP contribution in [0.25, 0.3) is 0 Å². The molecule has 0 aliphatic rings. The summed E-state index contributed by atoms with van der Waals surface area (Å²) in [4.78, 5) is 27.3. The highest BCUT2D eigenvalue weighted by atomic mass is 16.2. The van der Waals surface area contributed by atoms with Crippen LogP contribution in [0.2, 0.25) is 0 Å². The van der Waals surface area contributed by atoms with E-state index in [9.17, 15) is 9.59 Å². The zero-order chi connectivity index (χ0) is 20.6. The molecule has 0 atom stereocenters. The van der Waals surface area contributed by atoms with Crippen molar-refractivity contribution >= 4 is 23.2 Å². The Bertz CT molecular complexity index is 989. The molecular formula is C23H24N4O2. The summed E-state index contributed by atoms with van der Waals surface area (Å²) in [6.07, 6.45) is 0. The van der Waals surface area contributed by atoms with Gasteiger partial charge in [-0.05, 0) is 47.5 Å². The highest BCUT2D eigenvalue weighted by Gasteiger charge is 2.21. The number of anilines is 2. The summed E-state index contributed by atoms with van der Waals surface area (Å²) in [6, 6.07) is 23.6. The molecular weight excluding hydrogens is 364 g/mol. The Hall–Kier alpha value is -3.48. The number of hydrogen-bond donors (Lipinski definition) is 3. The number of amides is 2. The molecule has 0 fully saturated rings. The molecule has 6 nitrogen and oxygen atoms in total. The Morgan fingerprint density at radius 1 is 0.793 bits per heavy atom. The maximum atomic E-state index is 13.2. The molecule has 0 bridgehead atoms. The first-order valence-corrected chi connectivity index (χ1v) is 9.35. The third-order valence-corrected chi connectivity index (χ3v) is 4.47. The second-order valence-electron chi connectivity index (χ2n) is 6.58. The fourth-order valence-corrected chi connectivity index (χ4v) is 3.00. The largest absolute Gasteiger partial charge is 0.326 e. The van der Waals surface area contributed by atoms with E-state index < -0.39 is 0 Å². The van der Waals surface area contributed by atoms with Crippen molar-refractivity contribution in [3.63, 3.8) is 0 Å². The summed E-state index contributed by atoms with van der Waals surface area (Å²) in [5, 5.41) is 2.84. The Labute approximate surface area is 170 Å². The Morgan fingerprint density at radius 3 is 2.14 bits per heavy atom. The van der Waals surface area contributed by atoms with Crippen LogP contribution in [-0.2, 0) is 17.9 Å². The first-order chi connectivity index (χ1) is 14.1. The second kappa shape index (κ2) is 9.64. The van der Waals surface area contributed by atoms with Gasteiger partial charge in [0, 0.05) is 30.0 Å². The number of para-hydroxylation sites is 1. The first-order valence-electron chi connectivity index (χ1n) is 9.35. The van der Waals surface area contributed by atoms with Gasteiger partial charge in [-0.15, -0.1) is 0 Å². The van der Waals surface area contributed by atoms with Crippen LogP contribution in [0.1, 0.15) is 21.5 Å². The monoisotopic (exact) mass is 388 g/mol. The maximum Gasteiger partial charge on any atom is 0.258 e. The van der Waals surface area contributed by atoms with Crippen molar-refractivity contribution in [1.82, 2.24) is 0 Å². The van der Waals surface area contributed by atoms with Crippen molar-refractivity contribution < 1.29 is 9.59 Å². The van der Waals surface area contributed by atoms with E-state index in [-0.39, 0.29) is 18.4 Å². The summed E-state index contributed by atoms with van der Waals surface area (Å²) in [5.74, 6) is -0.566. The van der Waals surface area contributed by atoms with Gasteiger partial charge in [0.15, 0.2) is 0 Å². The van der Waals surface area contributed by atoms with E-state index in [0.717, 1.165) is 11.1 Å². The van der Waals surface area contributed by atoms with Crippen LogP contribution >= 0.6 is 0 Å². The van der Waals surface area contributed by atoms with Gasteiger partial charge in [0.2, 0.25) is 5.91 Å². The van der Waals surface area contributed by atoms with Gasteiger partial charge in [0.05, 0.1) is 0 Å². The molecule has 0 saturated heterocycles. The van der Waals surface area contributed by atoms with Crippen molar-refractivity contribution in [3.8, 4) is 0 Å². The minimum Gasteiger partial charge on any atom is -0.326 e. The minimum absolute atomic E-state index is 0.122. The van der Waals surface area contributed by atoms with E-state index >= 15 is 0 Å². The van der Waals surface area contributed by atoms with Gasteiger partial charge in [-0.3, -0.25) is 14.5 Å². The predicted octanol–water partition coefficient (Wildman–Crippen LogP) is 2.89. The van der Waals surface area contributed by atoms with Gasteiger partial charge in [0.25, 0.3) is 5.91 Å².